The second kappa shape index (κ2) is 11.3. The number of aromatic amines is 1. The van der Waals surface area contributed by atoms with E-state index in [2.05, 4.69) is 32.7 Å². The van der Waals surface area contributed by atoms with Crippen molar-refractivity contribution in [1.82, 2.24) is 25.3 Å². The molecular weight excluding hydrogens is 540 g/mol. The molecule has 0 aliphatic heterocycles. The van der Waals surface area contributed by atoms with Crippen LogP contribution in [0.2, 0.25) is 0 Å². The van der Waals surface area contributed by atoms with Gasteiger partial charge in [-0.1, -0.05) is 54.6 Å². The Labute approximate surface area is 247 Å². The van der Waals surface area contributed by atoms with E-state index in [9.17, 15) is 4.79 Å². The van der Waals surface area contributed by atoms with Crippen LogP contribution in [0.5, 0.6) is 5.88 Å². The molecule has 9 nitrogen and oxygen atoms in total. The predicted octanol–water partition coefficient (Wildman–Crippen LogP) is 6.54. The Morgan fingerprint density at radius 2 is 1.74 bits per heavy atom. The number of hydrogen-bond donors (Lipinski definition) is 3. The van der Waals surface area contributed by atoms with Crippen LogP contribution >= 0.6 is 0 Å². The van der Waals surface area contributed by atoms with Crippen LogP contribution in [-0.2, 0) is 17.9 Å². The monoisotopic (exact) mass is 568 g/mol. The standard InChI is InChI=1S/C34H28N6O3/c1-21-32(37-17-22-11-12-30-27(15-22)26-9-5-6-10-29(26)43-30)34(40-33(38-21)23-7-3-2-4-8-23)42-20-31(41)36-19-25-16-24-18-35-14-13-28(24)39-25/h2-16,18,37,39H,17,19-20H2,1H3,(H,36,41). The highest BCUT2D eigenvalue weighted by atomic mass is 16.5. The summed E-state index contributed by atoms with van der Waals surface area (Å²) in [6.45, 7) is 2.54. The quantitative estimate of drug-likeness (QED) is 0.181. The van der Waals surface area contributed by atoms with E-state index in [1.807, 2.05) is 79.7 Å². The van der Waals surface area contributed by atoms with Gasteiger partial charge in [0.05, 0.1) is 12.2 Å². The lowest BCUT2D eigenvalue weighted by Crippen LogP contribution is -2.29. The van der Waals surface area contributed by atoms with Crippen molar-refractivity contribution in [3.05, 3.63) is 114 Å². The van der Waals surface area contributed by atoms with Crippen molar-refractivity contribution in [2.45, 2.75) is 20.0 Å². The van der Waals surface area contributed by atoms with Gasteiger partial charge in [-0.05, 0) is 42.8 Å². The fourth-order valence-corrected chi connectivity index (χ4v) is 5.15. The molecule has 0 saturated heterocycles. The minimum Gasteiger partial charge on any atom is -0.466 e. The lowest BCUT2D eigenvalue weighted by molar-refractivity contribution is -0.123. The molecule has 0 radical (unpaired) electrons. The Hall–Kier alpha value is -5.70. The van der Waals surface area contributed by atoms with Crippen molar-refractivity contribution in [2.75, 3.05) is 11.9 Å². The summed E-state index contributed by atoms with van der Waals surface area (Å²) in [4.78, 5) is 29.7. The molecule has 7 rings (SSSR count). The smallest absolute Gasteiger partial charge is 0.258 e. The summed E-state index contributed by atoms with van der Waals surface area (Å²) >= 11 is 0. The van der Waals surface area contributed by atoms with E-state index in [1.165, 1.54) is 0 Å². The third kappa shape index (κ3) is 5.48. The number of ether oxygens (including phenoxy) is 1. The molecule has 0 fully saturated rings. The maximum Gasteiger partial charge on any atom is 0.258 e. The van der Waals surface area contributed by atoms with Crippen LogP contribution in [0.25, 0.3) is 44.2 Å². The van der Waals surface area contributed by atoms with Gasteiger partial charge in [-0.15, -0.1) is 0 Å². The zero-order valence-corrected chi connectivity index (χ0v) is 23.4. The number of amides is 1. The Morgan fingerprint density at radius 1 is 0.907 bits per heavy atom. The van der Waals surface area contributed by atoms with Gasteiger partial charge in [0.1, 0.15) is 16.9 Å². The first-order valence-electron chi connectivity index (χ1n) is 14.0. The Kier molecular flexibility index (Phi) is 6.88. The fraction of sp³-hybridized carbons (Fsp3) is 0.118. The van der Waals surface area contributed by atoms with Crippen LogP contribution in [0.4, 0.5) is 5.69 Å². The van der Waals surface area contributed by atoms with E-state index < -0.39 is 0 Å². The number of rotatable bonds is 9. The van der Waals surface area contributed by atoms with Crippen molar-refractivity contribution in [2.24, 2.45) is 0 Å². The number of nitrogens with one attached hydrogen (secondary N) is 3. The van der Waals surface area contributed by atoms with E-state index in [0.29, 0.717) is 36.2 Å². The van der Waals surface area contributed by atoms with Crippen LogP contribution < -0.4 is 15.4 Å². The predicted molar refractivity (Wildman–Crippen MR) is 167 cm³/mol. The molecule has 0 unspecified atom stereocenters. The number of hydrogen-bond acceptors (Lipinski definition) is 7. The molecular formula is C34H28N6O3. The summed E-state index contributed by atoms with van der Waals surface area (Å²) < 4.78 is 12.0. The van der Waals surface area contributed by atoms with E-state index in [-0.39, 0.29) is 12.5 Å². The number of furan rings is 1. The van der Waals surface area contributed by atoms with Crippen molar-refractivity contribution >= 4 is 44.4 Å². The van der Waals surface area contributed by atoms with Crippen molar-refractivity contribution in [3.8, 4) is 17.3 Å². The molecule has 0 aliphatic rings. The van der Waals surface area contributed by atoms with Gasteiger partial charge >= 0.3 is 0 Å². The molecule has 3 N–H and O–H groups in total. The molecule has 7 aromatic rings. The highest BCUT2D eigenvalue weighted by Crippen LogP contribution is 2.31. The number of carbonyl (C=O) groups excluding carboxylic acids is 1. The number of H-pyrrole nitrogens is 1. The molecule has 0 saturated carbocycles. The average Bonchev–Trinajstić information content (AvgIpc) is 3.63. The topological polar surface area (TPSA) is 118 Å². The second-order valence-corrected chi connectivity index (χ2v) is 10.3. The zero-order valence-electron chi connectivity index (χ0n) is 23.4. The first kappa shape index (κ1) is 26.2. The van der Waals surface area contributed by atoms with Crippen LogP contribution in [0.15, 0.2) is 102 Å². The van der Waals surface area contributed by atoms with Gasteiger partial charge in [-0.3, -0.25) is 9.78 Å². The van der Waals surface area contributed by atoms with Gasteiger partial charge in [-0.2, -0.15) is 4.98 Å². The first-order valence-corrected chi connectivity index (χ1v) is 14.0. The van der Waals surface area contributed by atoms with Gasteiger partial charge < -0.3 is 24.8 Å². The van der Waals surface area contributed by atoms with Crippen LogP contribution in [0.1, 0.15) is 17.0 Å². The zero-order chi connectivity index (χ0) is 29.2. The molecule has 0 spiro atoms. The average molecular weight is 569 g/mol. The van der Waals surface area contributed by atoms with Crippen molar-refractivity contribution in [1.29, 1.82) is 0 Å². The Morgan fingerprint density at radius 3 is 2.63 bits per heavy atom. The minimum absolute atomic E-state index is 0.200. The van der Waals surface area contributed by atoms with E-state index >= 15 is 0 Å². The largest absolute Gasteiger partial charge is 0.466 e. The molecule has 43 heavy (non-hydrogen) atoms. The molecule has 9 heteroatoms. The lowest BCUT2D eigenvalue weighted by atomic mass is 10.1. The van der Waals surface area contributed by atoms with Gasteiger partial charge in [-0.25, -0.2) is 4.98 Å². The molecule has 1 amide bonds. The maximum atomic E-state index is 12.8. The highest BCUT2D eigenvalue weighted by molar-refractivity contribution is 6.05. The molecule has 0 atom stereocenters. The Balaban J connectivity index is 1.10. The minimum atomic E-state index is -0.266. The molecule has 4 heterocycles. The third-order valence-electron chi connectivity index (χ3n) is 7.29. The summed E-state index contributed by atoms with van der Waals surface area (Å²) in [5.41, 5.74) is 6.81. The summed E-state index contributed by atoms with van der Waals surface area (Å²) in [7, 11) is 0. The van der Waals surface area contributed by atoms with Crippen LogP contribution in [-0.4, -0.2) is 32.4 Å². The maximum absolute atomic E-state index is 12.8. The van der Waals surface area contributed by atoms with E-state index in [0.717, 1.165) is 49.7 Å². The van der Waals surface area contributed by atoms with Crippen LogP contribution in [0, 0.1) is 6.92 Å². The van der Waals surface area contributed by atoms with Crippen LogP contribution in [0.3, 0.4) is 0 Å². The third-order valence-corrected chi connectivity index (χ3v) is 7.29. The molecule has 3 aromatic carbocycles. The van der Waals surface area contributed by atoms with E-state index in [4.69, 9.17) is 19.1 Å². The van der Waals surface area contributed by atoms with Gasteiger partial charge in [0.25, 0.3) is 5.91 Å². The number of pyridine rings is 1. The van der Waals surface area contributed by atoms with E-state index in [1.54, 1.807) is 12.4 Å². The van der Waals surface area contributed by atoms with Crippen molar-refractivity contribution < 1.29 is 13.9 Å². The second-order valence-electron chi connectivity index (χ2n) is 10.3. The highest BCUT2D eigenvalue weighted by Gasteiger charge is 2.17. The summed E-state index contributed by atoms with van der Waals surface area (Å²) in [5.74, 6) is 0.572. The normalized spacial score (nSPS) is 11.3. The molecule has 212 valence electrons. The molecule has 0 aliphatic carbocycles. The summed E-state index contributed by atoms with van der Waals surface area (Å²) in [6.07, 6.45) is 3.51. The summed E-state index contributed by atoms with van der Waals surface area (Å²) in [5, 5.41) is 9.48. The number of aryl methyl sites for hydroxylation is 1. The van der Waals surface area contributed by atoms with Crippen molar-refractivity contribution in [3.63, 3.8) is 0 Å². The Bertz CT molecular complexity index is 2050. The number of anilines is 1. The molecule has 4 aromatic heterocycles. The molecule has 0 bridgehead atoms. The fourth-order valence-electron chi connectivity index (χ4n) is 5.15. The SMILES string of the molecule is Cc1nc(-c2ccccc2)nc(OCC(=O)NCc2cc3cnccc3[nH]2)c1NCc1ccc2oc3ccccc3c2c1. The number of fused-ring (bicyclic) bond motifs is 4. The van der Waals surface area contributed by atoms with Gasteiger partial charge in [0.2, 0.25) is 5.88 Å². The van der Waals surface area contributed by atoms with Gasteiger partial charge in [0.15, 0.2) is 12.4 Å². The number of para-hydroxylation sites is 1. The number of nitrogens with zero attached hydrogens (tertiary/aromatic N) is 3. The lowest BCUT2D eigenvalue weighted by Gasteiger charge is -2.16. The van der Waals surface area contributed by atoms with Gasteiger partial charge in [0, 0.05) is 51.9 Å². The first-order chi connectivity index (χ1) is 21.1. The number of carbonyl (C=O) groups is 1. The number of aromatic nitrogens is 4. The number of benzene rings is 3. The summed E-state index contributed by atoms with van der Waals surface area (Å²) in [6, 6.07) is 27.7.